The summed E-state index contributed by atoms with van der Waals surface area (Å²) >= 11 is 8.19. The summed E-state index contributed by atoms with van der Waals surface area (Å²) in [7, 11) is 3.10. The van der Waals surface area contributed by atoms with Gasteiger partial charge in [-0.05, 0) is 43.2 Å². The highest BCUT2D eigenvalue weighted by Gasteiger charge is 2.16. The van der Waals surface area contributed by atoms with Crippen LogP contribution in [-0.4, -0.2) is 41.8 Å². The normalized spacial score (nSPS) is 10.9. The van der Waals surface area contributed by atoms with E-state index < -0.39 is 5.97 Å². The minimum atomic E-state index is -1.04. The summed E-state index contributed by atoms with van der Waals surface area (Å²) in [5.41, 5.74) is 2.69. The number of hydrogen-bond acceptors (Lipinski definition) is 7. The number of thiophene rings is 1. The monoisotopic (exact) mass is 483 g/mol. The molecule has 9 heteroatoms. The van der Waals surface area contributed by atoms with Crippen molar-refractivity contribution >= 4 is 44.8 Å². The lowest BCUT2D eigenvalue weighted by Crippen LogP contribution is -2.07. The summed E-state index contributed by atoms with van der Waals surface area (Å²) in [6, 6.07) is 10.5. The van der Waals surface area contributed by atoms with Gasteiger partial charge in [0.05, 0.1) is 24.6 Å². The van der Waals surface area contributed by atoms with Gasteiger partial charge in [0.15, 0.2) is 0 Å². The van der Waals surface area contributed by atoms with Crippen molar-refractivity contribution in [3.8, 4) is 22.8 Å². The van der Waals surface area contributed by atoms with Gasteiger partial charge in [0.25, 0.3) is 0 Å². The number of anilines is 1. The van der Waals surface area contributed by atoms with Crippen molar-refractivity contribution in [2.45, 2.75) is 13.3 Å². The number of hydrogen-bond donors (Lipinski definition) is 2. The molecule has 0 fully saturated rings. The molecule has 0 bridgehead atoms. The second-order valence-electron chi connectivity index (χ2n) is 7.28. The van der Waals surface area contributed by atoms with Gasteiger partial charge >= 0.3 is 5.97 Å². The second-order valence-corrected chi connectivity index (χ2v) is 8.91. The van der Waals surface area contributed by atoms with Crippen LogP contribution in [0.15, 0.2) is 42.7 Å². The van der Waals surface area contributed by atoms with Crippen molar-refractivity contribution in [3.63, 3.8) is 0 Å². The van der Waals surface area contributed by atoms with Gasteiger partial charge in [-0.3, -0.25) is 0 Å². The zero-order valence-corrected chi connectivity index (χ0v) is 19.9. The first kappa shape index (κ1) is 22.8. The molecule has 2 heterocycles. The van der Waals surface area contributed by atoms with Gasteiger partial charge in [-0.25, -0.2) is 14.8 Å². The molecule has 0 atom stereocenters. The van der Waals surface area contributed by atoms with Gasteiger partial charge in [0, 0.05) is 33.5 Å². The molecule has 170 valence electrons. The van der Waals surface area contributed by atoms with Gasteiger partial charge < -0.3 is 19.9 Å². The third-order valence-corrected chi connectivity index (χ3v) is 6.83. The molecule has 33 heavy (non-hydrogen) atoms. The molecule has 0 saturated heterocycles. The standard InChI is InChI=1S/C24H22ClN3O4S/c1-13-15(22-17(25)6-7-19(31-2)23(22)33-13)8-9-26-21-11-18(27-12-28-21)14-4-5-16(24(29)30)20(10-14)32-3/h4-7,10-12H,8-9H2,1-3H3,(H,29,30)(H,26,27,28). The molecule has 0 spiro atoms. The van der Waals surface area contributed by atoms with Gasteiger partial charge in [0.2, 0.25) is 0 Å². The highest BCUT2D eigenvalue weighted by atomic mass is 35.5. The van der Waals surface area contributed by atoms with Crippen LogP contribution in [-0.2, 0) is 6.42 Å². The van der Waals surface area contributed by atoms with Crippen molar-refractivity contribution in [1.29, 1.82) is 0 Å². The van der Waals surface area contributed by atoms with E-state index in [0.29, 0.717) is 23.1 Å². The van der Waals surface area contributed by atoms with Crippen molar-refractivity contribution in [2.75, 3.05) is 26.1 Å². The number of fused-ring (bicyclic) bond motifs is 1. The van der Waals surface area contributed by atoms with E-state index >= 15 is 0 Å². The van der Waals surface area contributed by atoms with Crippen molar-refractivity contribution in [2.24, 2.45) is 0 Å². The van der Waals surface area contributed by atoms with Crippen molar-refractivity contribution in [1.82, 2.24) is 9.97 Å². The van der Waals surface area contributed by atoms with E-state index in [2.05, 4.69) is 22.2 Å². The number of nitrogens with zero attached hydrogens (tertiary/aromatic N) is 2. The van der Waals surface area contributed by atoms with Crippen LogP contribution in [0.2, 0.25) is 5.02 Å². The summed E-state index contributed by atoms with van der Waals surface area (Å²) in [4.78, 5) is 21.2. The minimum absolute atomic E-state index is 0.0994. The lowest BCUT2D eigenvalue weighted by atomic mass is 10.1. The fourth-order valence-electron chi connectivity index (χ4n) is 3.73. The highest BCUT2D eigenvalue weighted by Crippen LogP contribution is 2.41. The van der Waals surface area contributed by atoms with E-state index in [1.54, 1.807) is 30.6 Å². The van der Waals surface area contributed by atoms with E-state index in [0.717, 1.165) is 27.8 Å². The first-order chi connectivity index (χ1) is 15.9. The molecule has 0 aliphatic heterocycles. The predicted molar refractivity (Wildman–Crippen MR) is 131 cm³/mol. The van der Waals surface area contributed by atoms with Crippen LogP contribution < -0.4 is 14.8 Å². The number of benzene rings is 2. The lowest BCUT2D eigenvalue weighted by Gasteiger charge is -2.10. The maximum Gasteiger partial charge on any atom is 0.339 e. The van der Waals surface area contributed by atoms with Gasteiger partial charge in [-0.2, -0.15) is 0 Å². The maximum atomic E-state index is 11.3. The van der Waals surface area contributed by atoms with Crippen molar-refractivity contribution < 1.29 is 19.4 Å². The number of aryl methyl sites for hydroxylation is 1. The van der Waals surface area contributed by atoms with Crippen LogP contribution in [0.5, 0.6) is 11.5 Å². The molecule has 0 unspecified atom stereocenters. The lowest BCUT2D eigenvalue weighted by molar-refractivity contribution is 0.0693. The minimum Gasteiger partial charge on any atom is -0.496 e. The number of ether oxygens (including phenoxy) is 2. The average Bonchev–Trinajstić information content (AvgIpc) is 3.16. The SMILES string of the molecule is COc1cc(-c2cc(NCCc3c(C)sc4c(OC)ccc(Cl)c34)ncn2)ccc1C(=O)O. The molecular weight excluding hydrogens is 462 g/mol. The molecule has 4 aromatic rings. The van der Waals surface area contributed by atoms with Crippen LogP contribution in [0, 0.1) is 6.92 Å². The van der Waals surface area contributed by atoms with Crippen molar-refractivity contribution in [3.05, 3.63) is 63.8 Å². The molecule has 0 saturated carbocycles. The van der Waals surface area contributed by atoms with Gasteiger partial charge in [-0.1, -0.05) is 17.7 Å². The molecular formula is C24H22ClN3O4S. The number of carboxylic acids is 1. The number of halogens is 1. The molecule has 2 N–H and O–H groups in total. The number of aromatic nitrogens is 2. The summed E-state index contributed by atoms with van der Waals surface area (Å²) in [5, 5.41) is 14.4. The number of rotatable bonds is 8. The van der Waals surface area contributed by atoms with E-state index in [1.807, 2.05) is 18.2 Å². The van der Waals surface area contributed by atoms with Crippen LogP contribution in [0.1, 0.15) is 20.8 Å². The van der Waals surface area contributed by atoms with E-state index in [1.165, 1.54) is 29.9 Å². The zero-order chi connectivity index (χ0) is 23.5. The summed E-state index contributed by atoms with van der Waals surface area (Å²) in [6.07, 6.45) is 2.24. The third kappa shape index (κ3) is 4.58. The van der Waals surface area contributed by atoms with Crippen LogP contribution in [0.4, 0.5) is 5.82 Å². The predicted octanol–water partition coefficient (Wildman–Crippen LogP) is 5.69. The molecule has 4 rings (SSSR count). The second kappa shape index (κ2) is 9.64. The maximum absolute atomic E-state index is 11.3. The zero-order valence-electron chi connectivity index (χ0n) is 18.3. The van der Waals surface area contributed by atoms with Crippen LogP contribution in [0.3, 0.4) is 0 Å². The Hall–Kier alpha value is -3.36. The Morgan fingerprint density at radius 2 is 1.91 bits per heavy atom. The molecule has 0 aliphatic rings. The molecule has 0 aliphatic carbocycles. The number of carboxylic acid groups (broad SMARTS) is 1. The molecule has 2 aromatic carbocycles. The van der Waals surface area contributed by atoms with E-state index in [4.69, 9.17) is 21.1 Å². The number of carbonyl (C=O) groups is 1. The number of aromatic carboxylic acids is 1. The van der Waals surface area contributed by atoms with E-state index in [-0.39, 0.29) is 11.3 Å². The third-order valence-electron chi connectivity index (χ3n) is 5.35. The number of methoxy groups -OCH3 is 2. The fourth-order valence-corrected chi connectivity index (χ4v) is 5.28. The largest absolute Gasteiger partial charge is 0.496 e. The summed E-state index contributed by atoms with van der Waals surface area (Å²) < 4.78 is 11.8. The van der Waals surface area contributed by atoms with Gasteiger partial charge in [-0.15, -0.1) is 11.3 Å². The molecule has 7 nitrogen and oxygen atoms in total. The molecule has 0 radical (unpaired) electrons. The fraction of sp³-hybridized carbons (Fsp3) is 0.208. The first-order valence-corrected chi connectivity index (χ1v) is 11.3. The molecule has 0 amide bonds. The Balaban J connectivity index is 1.53. The Morgan fingerprint density at radius 1 is 1.12 bits per heavy atom. The summed E-state index contributed by atoms with van der Waals surface area (Å²) in [5.74, 6) is 0.728. The Morgan fingerprint density at radius 3 is 2.64 bits per heavy atom. The van der Waals surface area contributed by atoms with E-state index in [9.17, 15) is 9.90 Å². The Kier molecular flexibility index (Phi) is 6.67. The Labute approximate surface area is 200 Å². The Bertz CT molecular complexity index is 1340. The van der Waals surface area contributed by atoms with Gasteiger partial charge in [0.1, 0.15) is 29.2 Å². The quantitative estimate of drug-likeness (QED) is 0.332. The topological polar surface area (TPSA) is 93.6 Å². The van der Waals surface area contributed by atoms with Crippen LogP contribution >= 0.6 is 22.9 Å². The highest BCUT2D eigenvalue weighted by molar-refractivity contribution is 7.19. The number of nitrogens with one attached hydrogen (secondary N) is 1. The van der Waals surface area contributed by atoms with Crippen LogP contribution in [0.25, 0.3) is 21.3 Å². The smallest absolute Gasteiger partial charge is 0.339 e. The summed E-state index contributed by atoms with van der Waals surface area (Å²) in [6.45, 7) is 2.74. The first-order valence-electron chi connectivity index (χ1n) is 10.1. The average molecular weight is 484 g/mol. The molecule has 2 aromatic heterocycles.